The summed E-state index contributed by atoms with van der Waals surface area (Å²) in [5, 5.41) is 11.0. The average Bonchev–Trinajstić information content (AvgIpc) is 3.12. The van der Waals surface area contributed by atoms with Gasteiger partial charge in [-0.1, -0.05) is 6.92 Å². The third-order valence-electron chi connectivity index (χ3n) is 3.65. The molecule has 1 aliphatic rings. The SMILES string of the molecule is CN=C(NCc1ccsc1)NCC(C)CN1CCCC1. The summed E-state index contributed by atoms with van der Waals surface area (Å²) in [6.07, 6.45) is 2.73. The predicted octanol–water partition coefficient (Wildman–Crippen LogP) is 2.14. The Bertz CT molecular complexity index is 396. The van der Waals surface area contributed by atoms with Crippen molar-refractivity contribution in [1.82, 2.24) is 15.5 Å². The van der Waals surface area contributed by atoms with Crippen molar-refractivity contribution in [1.29, 1.82) is 0 Å². The molecule has 1 aliphatic heterocycles. The minimum atomic E-state index is 0.646. The van der Waals surface area contributed by atoms with Crippen LogP contribution in [0.15, 0.2) is 21.8 Å². The monoisotopic (exact) mass is 294 g/mol. The zero-order valence-corrected chi connectivity index (χ0v) is 13.4. The van der Waals surface area contributed by atoms with Crippen molar-refractivity contribution in [3.05, 3.63) is 22.4 Å². The zero-order valence-electron chi connectivity index (χ0n) is 12.6. The van der Waals surface area contributed by atoms with Gasteiger partial charge >= 0.3 is 0 Å². The van der Waals surface area contributed by atoms with E-state index in [0.717, 1.165) is 19.0 Å². The number of hydrogen-bond donors (Lipinski definition) is 2. The Morgan fingerprint density at radius 2 is 2.20 bits per heavy atom. The van der Waals surface area contributed by atoms with Gasteiger partial charge < -0.3 is 15.5 Å². The van der Waals surface area contributed by atoms with E-state index in [1.54, 1.807) is 11.3 Å². The Kier molecular flexibility index (Phi) is 6.33. The van der Waals surface area contributed by atoms with E-state index < -0.39 is 0 Å². The van der Waals surface area contributed by atoms with E-state index in [-0.39, 0.29) is 0 Å². The number of rotatable bonds is 6. The fourth-order valence-electron chi connectivity index (χ4n) is 2.54. The first kappa shape index (κ1) is 15.3. The molecule has 1 atom stereocenters. The lowest BCUT2D eigenvalue weighted by molar-refractivity contribution is 0.287. The van der Waals surface area contributed by atoms with Crippen molar-refractivity contribution in [3.8, 4) is 0 Å². The van der Waals surface area contributed by atoms with Crippen LogP contribution in [0.4, 0.5) is 0 Å². The molecule has 20 heavy (non-hydrogen) atoms. The molecule has 0 amide bonds. The normalized spacial score (nSPS) is 18.2. The van der Waals surface area contributed by atoms with E-state index in [1.165, 1.54) is 38.0 Å². The highest BCUT2D eigenvalue weighted by molar-refractivity contribution is 7.07. The minimum Gasteiger partial charge on any atom is -0.356 e. The number of thiophene rings is 1. The maximum absolute atomic E-state index is 4.28. The van der Waals surface area contributed by atoms with Gasteiger partial charge in [0, 0.05) is 26.7 Å². The Morgan fingerprint density at radius 3 is 2.85 bits per heavy atom. The van der Waals surface area contributed by atoms with E-state index >= 15 is 0 Å². The summed E-state index contributed by atoms with van der Waals surface area (Å²) in [5.41, 5.74) is 1.31. The third-order valence-corrected chi connectivity index (χ3v) is 4.38. The highest BCUT2D eigenvalue weighted by atomic mass is 32.1. The van der Waals surface area contributed by atoms with Crippen LogP contribution in [-0.2, 0) is 6.54 Å². The van der Waals surface area contributed by atoms with Crippen LogP contribution >= 0.6 is 11.3 Å². The first-order valence-electron chi connectivity index (χ1n) is 7.46. The lowest BCUT2D eigenvalue weighted by atomic mass is 10.1. The Balaban J connectivity index is 1.65. The van der Waals surface area contributed by atoms with Crippen LogP contribution in [-0.4, -0.2) is 44.1 Å². The smallest absolute Gasteiger partial charge is 0.191 e. The van der Waals surface area contributed by atoms with Crippen molar-refractivity contribution in [2.45, 2.75) is 26.3 Å². The third kappa shape index (κ3) is 5.13. The molecule has 2 N–H and O–H groups in total. The van der Waals surface area contributed by atoms with Crippen molar-refractivity contribution >= 4 is 17.3 Å². The fraction of sp³-hybridized carbons (Fsp3) is 0.667. The molecule has 1 aromatic rings. The number of hydrogen-bond acceptors (Lipinski definition) is 3. The number of likely N-dealkylation sites (tertiary alicyclic amines) is 1. The molecule has 0 bridgehead atoms. The lowest BCUT2D eigenvalue weighted by Crippen LogP contribution is -2.41. The summed E-state index contributed by atoms with van der Waals surface area (Å²) < 4.78 is 0. The van der Waals surface area contributed by atoms with Gasteiger partial charge in [0.2, 0.25) is 0 Å². The topological polar surface area (TPSA) is 39.7 Å². The minimum absolute atomic E-state index is 0.646. The van der Waals surface area contributed by atoms with Gasteiger partial charge in [-0.2, -0.15) is 11.3 Å². The lowest BCUT2D eigenvalue weighted by Gasteiger charge is -2.21. The van der Waals surface area contributed by atoms with E-state index in [2.05, 4.69) is 44.3 Å². The molecule has 1 unspecified atom stereocenters. The highest BCUT2D eigenvalue weighted by Crippen LogP contribution is 2.09. The summed E-state index contributed by atoms with van der Waals surface area (Å²) in [6.45, 7) is 7.85. The second-order valence-corrected chi connectivity index (χ2v) is 6.33. The number of guanidine groups is 1. The van der Waals surface area contributed by atoms with Crippen LogP contribution in [0.1, 0.15) is 25.3 Å². The van der Waals surface area contributed by atoms with E-state index in [0.29, 0.717) is 5.92 Å². The quantitative estimate of drug-likeness (QED) is 0.624. The number of aliphatic imine (C=N–C) groups is 1. The molecule has 0 saturated carbocycles. The molecule has 0 radical (unpaired) electrons. The molecule has 1 fully saturated rings. The maximum Gasteiger partial charge on any atom is 0.191 e. The van der Waals surface area contributed by atoms with Crippen molar-refractivity contribution in [2.75, 3.05) is 33.2 Å². The molecule has 0 aromatic carbocycles. The zero-order chi connectivity index (χ0) is 14.2. The fourth-order valence-corrected chi connectivity index (χ4v) is 3.21. The van der Waals surface area contributed by atoms with Crippen LogP contribution in [0.25, 0.3) is 0 Å². The molecule has 112 valence electrons. The molecule has 1 saturated heterocycles. The summed E-state index contributed by atoms with van der Waals surface area (Å²) in [6, 6.07) is 2.14. The van der Waals surface area contributed by atoms with Crippen molar-refractivity contribution in [3.63, 3.8) is 0 Å². The molecular weight excluding hydrogens is 268 g/mol. The van der Waals surface area contributed by atoms with E-state index in [1.807, 2.05) is 7.05 Å². The van der Waals surface area contributed by atoms with Gasteiger partial charge in [0.05, 0.1) is 0 Å². The molecule has 0 spiro atoms. The van der Waals surface area contributed by atoms with Crippen LogP contribution in [0.2, 0.25) is 0 Å². The second-order valence-electron chi connectivity index (χ2n) is 5.55. The Hall–Kier alpha value is -1.07. The van der Waals surface area contributed by atoms with Gasteiger partial charge in [-0.25, -0.2) is 0 Å². The number of nitrogens with zero attached hydrogens (tertiary/aromatic N) is 2. The molecule has 0 aliphatic carbocycles. The first-order valence-corrected chi connectivity index (χ1v) is 8.40. The highest BCUT2D eigenvalue weighted by Gasteiger charge is 2.14. The van der Waals surface area contributed by atoms with Gasteiger partial charge in [-0.05, 0) is 54.2 Å². The molecule has 2 rings (SSSR count). The van der Waals surface area contributed by atoms with Crippen LogP contribution in [0.5, 0.6) is 0 Å². The largest absolute Gasteiger partial charge is 0.356 e. The van der Waals surface area contributed by atoms with Gasteiger partial charge in [0.15, 0.2) is 5.96 Å². The average molecular weight is 294 g/mol. The summed E-state index contributed by atoms with van der Waals surface area (Å²) >= 11 is 1.73. The Labute approximate surface area is 126 Å². The predicted molar refractivity (Wildman–Crippen MR) is 87.4 cm³/mol. The van der Waals surface area contributed by atoms with Gasteiger partial charge in [-0.3, -0.25) is 4.99 Å². The molecule has 1 aromatic heterocycles. The van der Waals surface area contributed by atoms with E-state index in [9.17, 15) is 0 Å². The Morgan fingerprint density at radius 1 is 1.40 bits per heavy atom. The number of nitrogens with one attached hydrogen (secondary N) is 2. The first-order chi connectivity index (χ1) is 9.78. The standard InChI is InChI=1S/C15H26N4S/c1-13(11-19-6-3-4-7-19)9-17-15(16-2)18-10-14-5-8-20-12-14/h5,8,12-13H,3-4,6-7,9-11H2,1-2H3,(H2,16,17,18). The maximum atomic E-state index is 4.28. The van der Waals surface area contributed by atoms with E-state index in [4.69, 9.17) is 0 Å². The summed E-state index contributed by atoms with van der Waals surface area (Å²) in [4.78, 5) is 6.84. The van der Waals surface area contributed by atoms with Gasteiger partial charge in [0.25, 0.3) is 0 Å². The van der Waals surface area contributed by atoms with Crippen LogP contribution in [0, 0.1) is 5.92 Å². The summed E-state index contributed by atoms with van der Waals surface area (Å²) in [5.74, 6) is 1.54. The molecule has 4 nitrogen and oxygen atoms in total. The van der Waals surface area contributed by atoms with Crippen molar-refractivity contribution < 1.29 is 0 Å². The molecule has 2 heterocycles. The molecular formula is C15H26N4S. The summed E-state index contributed by atoms with van der Waals surface area (Å²) in [7, 11) is 1.83. The van der Waals surface area contributed by atoms with Crippen molar-refractivity contribution in [2.24, 2.45) is 10.9 Å². The van der Waals surface area contributed by atoms with Gasteiger partial charge in [0.1, 0.15) is 0 Å². The second kappa shape index (κ2) is 8.27. The van der Waals surface area contributed by atoms with Crippen LogP contribution in [0.3, 0.4) is 0 Å². The van der Waals surface area contributed by atoms with Gasteiger partial charge in [-0.15, -0.1) is 0 Å². The molecule has 5 heteroatoms. The van der Waals surface area contributed by atoms with Crippen LogP contribution < -0.4 is 10.6 Å².